The molecule has 0 amide bonds. The van der Waals surface area contributed by atoms with Gasteiger partial charge < -0.3 is 18.3 Å². The summed E-state index contributed by atoms with van der Waals surface area (Å²) < 4.78 is 36.7. The molecule has 5 nitrogen and oxygen atoms in total. The van der Waals surface area contributed by atoms with E-state index in [1.54, 1.807) is 55.6 Å². The van der Waals surface area contributed by atoms with Gasteiger partial charge in [0, 0.05) is 5.56 Å². The lowest BCUT2D eigenvalue weighted by atomic mass is 10.2. The Morgan fingerprint density at radius 2 is 1.23 bits per heavy atom. The molecule has 162 valence electrons. The molecule has 31 heavy (non-hydrogen) atoms. The van der Waals surface area contributed by atoms with Crippen molar-refractivity contribution < 1.29 is 22.9 Å². The van der Waals surface area contributed by atoms with Crippen LogP contribution in [0.2, 0.25) is 19.6 Å². The molecule has 3 rings (SSSR count). The molecule has 0 unspecified atom stereocenters. The van der Waals surface area contributed by atoms with Gasteiger partial charge in [0.25, 0.3) is 0 Å². The van der Waals surface area contributed by atoms with Crippen molar-refractivity contribution in [3.05, 3.63) is 96.2 Å². The first-order valence-corrected chi connectivity index (χ1v) is 15.0. The molecule has 0 aliphatic rings. The fraction of sp³-hybridized carbons (Fsp3) is 0.167. The van der Waals surface area contributed by atoms with Crippen molar-refractivity contribution in [2.75, 3.05) is 7.11 Å². The maximum Gasteiger partial charge on any atom is 0.647 e. The van der Waals surface area contributed by atoms with Crippen LogP contribution in [-0.2, 0) is 9.09 Å². The Kier molecular flexibility index (Phi) is 7.26. The smallest absolute Gasteiger partial charge is 0.497 e. The standard InChI is InChI=1S/C24H27O5PSi/c1-26-21-17-15-20(16-18-21)24(19-31(2,3)4)29-30(25,27-22-11-7-5-8-12-22)28-23-13-9-6-10-14-23/h5-19H,1-4H3/b24-19-. The SMILES string of the molecule is COc1ccc(/C(=C/[Si](C)(C)C)OP(=O)(Oc2ccccc2)Oc2ccccc2)cc1. The van der Waals surface area contributed by atoms with Crippen LogP contribution in [0.4, 0.5) is 0 Å². The predicted octanol–water partition coefficient (Wildman–Crippen LogP) is 7.20. The fourth-order valence-corrected chi connectivity index (χ4v) is 5.09. The molecule has 7 heteroatoms. The average molecular weight is 455 g/mol. The average Bonchev–Trinajstić information content (AvgIpc) is 2.73. The van der Waals surface area contributed by atoms with Gasteiger partial charge in [-0.3, -0.25) is 0 Å². The number of rotatable bonds is 9. The Labute approximate surface area is 184 Å². The summed E-state index contributed by atoms with van der Waals surface area (Å²) in [7, 11) is -4.22. The number of hydrogen-bond acceptors (Lipinski definition) is 5. The van der Waals surface area contributed by atoms with Gasteiger partial charge in [-0.1, -0.05) is 61.7 Å². The molecule has 0 heterocycles. The molecule has 0 fully saturated rings. The van der Waals surface area contributed by atoms with Gasteiger partial charge in [0.15, 0.2) is 0 Å². The first-order chi connectivity index (χ1) is 14.8. The van der Waals surface area contributed by atoms with Crippen LogP contribution in [0.1, 0.15) is 5.56 Å². The maximum atomic E-state index is 13.8. The number of phosphoric acid groups is 1. The summed E-state index contributed by atoms with van der Waals surface area (Å²) in [6.45, 7) is 6.50. The van der Waals surface area contributed by atoms with Crippen LogP contribution in [0.25, 0.3) is 5.76 Å². The second-order valence-electron chi connectivity index (χ2n) is 7.95. The number of para-hydroxylation sites is 2. The maximum absolute atomic E-state index is 13.8. The lowest BCUT2D eigenvalue weighted by Gasteiger charge is -2.22. The summed E-state index contributed by atoms with van der Waals surface area (Å²) in [5.41, 5.74) is 2.79. The topological polar surface area (TPSA) is 54.0 Å². The molecule has 0 spiro atoms. The van der Waals surface area contributed by atoms with Crippen LogP contribution in [-0.4, -0.2) is 15.2 Å². The van der Waals surface area contributed by atoms with Gasteiger partial charge >= 0.3 is 7.82 Å². The molecule has 0 aliphatic heterocycles. The number of methoxy groups -OCH3 is 1. The largest absolute Gasteiger partial charge is 0.647 e. The van der Waals surface area contributed by atoms with E-state index >= 15 is 0 Å². The predicted molar refractivity (Wildman–Crippen MR) is 127 cm³/mol. The molecule has 0 radical (unpaired) electrons. The van der Waals surface area contributed by atoms with E-state index in [0.717, 1.165) is 11.3 Å². The van der Waals surface area contributed by atoms with E-state index in [1.807, 2.05) is 42.1 Å². The van der Waals surface area contributed by atoms with E-state index in [0.29, 0.717) is 17.3 Å². The second kappa shape index (κ2) is 9.90. The van der Waals surface area contributed by atoms with Crippen molar-refractivity contribution in [1.82, 2.24) is 0 Å². The molecule has 0 aromatic heterocycles. The molecular formula is C24H27O5PSi. The van der Waals surface area contributed by atoms with Crippen molar-refractivity contribution in [3.63, 3.8) is 0 Å². The molecule has 0 saturated carbocycles. The minimum absolute atomic E-state index is 0.392. The molecule has 0 bridgehead atoms. The van der Waals surface area contributed by atoms with Crippen LogP contribution in [0, 0.1) is 0 Å². The van der Waals surface area contributed by atoms with Crippen LogP contribution in [0.3, 0.4) is 0 Å². The fourth-order valence-electron chi connectivity index (χ4n) is 2.71. The van der Waals surface area contributed by atoms with Gasteiger partial charge in [0.1, 0.15) is 23.0 Å². The third-order valence-electron chi connectivity index (χ3n) is 4.07. The van der Waals surface area contributed by atoms with E-state index in [9.17, 15) is 4.57 Å². The Bertz CT molecular complexity index is 999. The van der Waals surface area contributed by atoms with Crippen molar-refractivity contribution >= 4 is 21.7 Å². The lowest BCUT2D eigenvalue weighted by Crippen LogP contribution is -2.17. The number of benzene rings is 3. The first-order valence-electron chi connectivity index (χ1n) is 9.93. The van der Waals surface area contributed by atoms with E-state index in [4.69, 9.17) is 18.3 Å². The first kappa shape index (κ1) is 22.7. The Balaban J connectivity index is 2.00. The summed E-state index contributed by atoms with van der Waals surface area (Å²) >= 11 is 0. The Morgan fingerprint density at radius 1 is 0.742 bits per heavy atom. The summed E-state index contributed by atoms with van der Waals surface area (Å²) in [6, 6.07) is 25.1. The molecule has 0 aliphatic carbocycles. The quantitative estimate of drug-likeness (QED) is 0.194. The normalized spacial score (nSPS) is 12.2. The van der Waals surface area contributed by atoms with Crippen molar-refractivity contribution in [2.24, 2.45) is 0 Å². The highest BCUT2D eigenvalue weighted by Gasteiger charge is 2.35. The van der Waals surface area contributed by atoms with Gasteiger partial charge in [-0.2, -0.15) is 4.57 Å². The van der Waals surface area contributed by atoms with Gasteiger partial charge in [-0.05, 0) is 48.5 Å². The molecular weight excluding hydrogens is 427 g/mol. The molecule has 0 atom stereocenters. The van der Waals surface area contributed by atoms with Crippen molar-refractivity contribution in [3.8, 4) is 17.2 Å². The zero-order chi connectivity index (χ0) is 22.3. The Morgan fingerprint density at radius 3 is 1.65 bits per heavy atom. The molecule has 0 N–H and O–H groups in total. The van der Waals surface area contributed by atoms with Crippen LogP contribution < -0.4 is 13.8 Å². The highest BCUT2D eigenvalue weighted by Crippen LogP contribution is 2.53. The zero-order valence-electron chi connectivity index (χ0n) is 18.1. The van der Waals surface area contributed by atoms with E-state index in [1.165, 1.54) is 0 Å². The third-order valence-corrected chi connectivity index (χ3v) is 6.49. The van der Waals surface area contributed by atoms with Gasteiger partial charge in [0.05, 0.1) is 15.2 Å². The van der Waals surface area contributed by atoms with Crippen molar-refractivity contribution in [2.45, 2.75) is 19.6 Å². The van der Waals surface area contributed by atoms with Crippen LogP contribution in [0.5, 0.6) is 17.2 Å². The number of hydrogen-bond donors (Lipinski definition) is 0. The second-order valence-corrected chi connectivity index (χ2v) is 14.4. The number of ether oxygens (including phenoxy) is 1. The third kappa shape index (κ3) is 7.05. The monoisotopic (exact) mass is 454 g/mol. The van der Waals surface area contributed by atoms with E-state index < -0.39 is 15.9 Å². The summed E-state index contributed by atoms with van der Waals surface area (Å²) in [5, 5.41) is 0. The van der Waals surface area contributed by atoms with E-state index in [2.05, 4.69) is 19.6 Å². The van der Waals surface area contributed by atoms with E-state index in [-0.39, 0.29) is 0 Å². The lowest BCUT2D eigenvalue weighted by molar-refractivity contribution is 0.284. The summed E-state index contributed by atoms with van der Waals surface area (Å²) in [4.78, 5) is 0. The summed E-state index contributed by atoms with van der Waals surface area (Å²) in [5.74, 6) is 1.96. The van der Waals surface area contributed by atoms with Gasteiger partial charge in [0.2, 0.25) is 0 Å². The highest BCUT2D eigenvalue weighted by molar-refractivity contribution is 7.49. The van der Waals surface area contributed by atoms with Gasteiger partial charge in [-0.15, -0.1) is 0 Å². The molecule has 3 aromatic carbocycles. The molecule has 0 saturated heterocycles. The van der Waals surface area contributed by atoms with Gasteiger partial charge in [-0.25, -0.2) is 0 Å². The van der Waals surface area contributed by atoms with Crippen LogP contribution >= 0.6 is 7.82 Å². The minimum atomic E-state index is -4.07. The highest BCUT2D eigenvalue weighted by atomic mass is 31.2. The van der Waals surface area contributed by atoms with Crippen LogP contribution in [0.15, 0.2) is 90.6 Å². The Hall–Kier alpha value is -2.95. The molecule has 3 aromatic rings. The zero-order valence-corrected chi connectivity index (χ0v) is 20.0. The summed E-state index contributed by atoms with van der Waals surface area (Å²) in [6.07, 6.45) is 0. The van der Waals surface area contributed by atoms with Crippen molar-refractivity contribution in [1.29, 1.82) is 0 Å². The minimum Gasteiger partial charge on any atom is -0.497 e. The number of phosphoric ester groups is 1.